The van der Waals surface area contributed by atoms with Crippen LogP contribution in [0.5, 0.6) is 0 Å². The van der Waals surface area contributed by atoms with E-state index in [9.17, 15) is 20.1 Å². The predicted molar refractivity (Wildman–Crippen MR) is 187 cm³/mol. The molecular formula is C39H58O13. The second kappa shape index (κ2) is 16.8. The number of hydrogen-bond acceptors (Lipinski definition) is 13. The molecule has 0 saturated carbocycles. The molecule has 0 aromatic carbocycles. The number of esters is 1. The summed E-state index contributed by atoms with van der Waals surface area (Å²) in [7, 11) is 3.21. The van der Waals surface area contributed by atoms with E-state index in [1.54, 1.807) is 40.2 Å². The number of allylic oxidation sites excluding steroid dienone is 2. The van der Waals surface area contributed by atoms with Crippen molar-refractivity contribution in [1.82, 2.24) is 0 Å². The van der Waals surface area contributed by atoms with Crippen LogP contribution in [0.1, 0.15) is 66.7 Å². The molecule has 4 saturated heterocycles. The number of rotatable bonds is 6. The number of methoxy groups -OCH3 is 2. The lowest BCUT2D eigenvalue weighted by atomic mass is 9.71. The number of aliphatic hydroxyl groups excluding tert-OH is 2. The smallest absolute Gasteiger partial charge is 0.316 e. The number of hydrogen-bond donors (Lipinski definition) is 3. The van der Waals surface area contributed by atoms with Gasteiger partial charge in [0.1, 0.15) is 42.0 Å². The average Bonchev–Trinajstić information content (AvgIpc) is 3.46. The summed E-state index contributed by atoms with van der Waals surface area (Å²) in [5, 5.41) is 33.5. The molecule has 13 nitrogen and oxygen atoms in total. The maximum absolute atomic E-state index is 13.7. The maximum Gasteiger partial charge on any atom is 0.316 e. The molecule has 3 N–H and O–H groups in total. The molecule has 5 aliphatic heterocycles. The Hall–Kier alpha value is -2.01. The first-order valence-corrected chi connectivity index (χ1v) is 18.8. The van der Waals surface area contributed by atoms with Crippen molar-refractivity contribution in [2.24, 2.45) is 11.8 Å². The molecule has 0 aromatic heterocycles. The highest BCUT2D eigenvalue weighted by molar-refractivity contribution is 5.78. The maximum atomic E-state index is 13.7. The number of ether oxygens (including phenoxy) is 9. The topological polar surface area (TPSA) is 161 Å². The molecule has 0 spiro atoms. The van der Waals surface area contributed by atoms with Gasteiger partial charge in [-0.1, -0.05) is 37.3 Å². The molecule has 0 radical (unpaired) electrons. The van der Waals surface area contributed by atoms with E-state index in [0.717, 1.165) is 5.57 Å². The van der Waals surface area contributed by atoms with Crippen molar-refractivity contribution in [3.8, 4) is 0 Å². The molecule has 13 heteroatoms. The van der Waals surface area contributed by atoms with Crippen LogP contribution in [0.15, 0.2) is 47.1 Å². The van der Waals surface area contributed by atoms with Gasteiger partial charge in [-0.3, -0.25) is 4.79 Å². The van der Waals surface area contributed by atoms with Gasteiger partial charge in [-0.2, -0.15) is 0 Å². The summed E-state index contributed by atoms with van der Waals surface area (Å²) in [5.74, 6) is -1.70. The zero-order valence-electron chi connectivity index (χ0n) is 31.4. The van der Waals surface area contributed by atoms with Crippen LogP contribution in [0, 0.1) is 11.8 Å². The Morgan fingerprint density at radius 3 is 2.35 bits per heavy atom. The highest BCUT2D eigenvalue weighted by Gasteiger charge is 2.59. The largest absolute Gasteiger partial charge is 0.462 e. The fraction of sp³-hybridized carbons (Fsp3) is 0.769. The van der Waals surface area contributed by atoms with E-state index in [-0.39, 0.29) is 36.9 Å². The zero-order chi connectivity index (χ0) is 37.3. The summed E-state index contributed by atoms with van der Waals surface area (Å²) in [6.45, 7) is 10.1. The van der Waals surface area contributed by atoms with Gasteiger partial charge in [-0.05, 0) is 50.8 Å². The second-order valence-corrected chi connectivity index (χ2v) is 15.3. The molecule has 292 valence electrons. The van der Waals surface area contributed by atoms with E-state index in [2.05, 4.69) is 13.0 Å². The van der Waals surface area contributed by atoms with E-state index in [1.165, 1.54) is 0 Å². The van der Waals surface area contributed by atoms with E-state index in [1.807, 2.05) is 26.0 Å². The zero-order valence-corrected chi connectivity index (χ0v) is 31.4. The fourth-order valence-corrected chi connectivity index (χ4v) is 8.54. The monoisotopic (exact) mass is 734 g/mol. The third-order valence-electron chi connectivity index (χ3n) is 11.7. The van der Waals surface area contributed by atoms with Crippen molar-refractivity contribution in [1.29, 1.82) is 0 Å². The molecule has 6 rings (SSSR count). The van der Waals surface area contributed by atoms with E-state index >= 15 is 0 Å². The Kier molecular flexibility index (Phi) is 12.8. The first kappa shape index (κ1) is 39.7. The molecule has 52 heavy (non-hydrogen) atoms. The van der Waals surface area contributed by atoms with Crippen LogP contribution >= 0.6 is 0 Å². The highest BCUT2D eigenvalue weighted by Crippen LogP contribution is 2.46. The summed E-state index contributed by atoms with van der Waals surface area (Å²) in [4.78, 5) is 13.7. The lowest BCUT2D eigenvalue weighted by Gasteiger charge is -2.44. The van der Waals surface area contributed by atoms with Crippen molar-refractivity contribution >= 4 is 5.97 Å². The Bertz CT molecular complexity index is 1380. The molecule has 1 aliphatic carbocycles. The van der Waals surface area contributed by atoms with Crippen molar-refractivity contribution < 1.29 is 62.7 Å². The SMILES string of the molecule is COC1C[C@H](OC2/C(C)=C/C[C@@H]3C[C@@H](CCO3)OC(=O)[C@@H]3C=C(C)[C@@H](O)[C@H]4OCC(=C/C=C/C2C)C43O)O[C@@H](C)[C@@H]1OC1C[C@H](OC)[C@@H](O)[C@H](C)O1. The predicted octanol–water partition coefficient (Wildman–Crippen LogP) is 3.04. The average molecular weight is 735 g/mol. The van der Waals surface area contributed by atoms with E-state index < -0.39 is 72.8 Å². The number of aliphatic hydroxyl groups is 3. The minimum Gasteiger partial charge on any atom is -0.462 e. The number of carbonyl (C=O) groups excluding carboxylic acids is 1. The summed E-state index contributed by atoms with van der Waals surface area (Å²) in [6.07, 6.45) is 4.85. The lowest BCUT2D eigenvalue weighted by Crippen LogP contribution is -2.57. The van der Waals surface area contributed by atoms with Gasteiger partial charge in [0.25, 0.3) is 0 Å². The first-order valence-electron chi connectivity index (χ1n) is 18.8. The molecule has 5 unspecified atom stereocenters. The fourth-order valence-electron chi connectivity index (χ4n) is 8.54. The van der Waals surface area contributed by atoms with Crippen LogP contribution in [0.2, 0.25) is 0 Å². The van der Waals surface area contributed by atoms with Gasteiger partial charge in [0, 0.05) is 45.8 Å². The normalized spacial score (nSPS) is 47.7. The van der Waals surface area contributed by atoms with Crippen LogP contribution in [-0.4, -0.2) is 134 Å². The molecule has 6 aliphatic rings. The molecule has 2 bridgehead atoms. The van der Waals surface area contributed by atoms with Gasteiger partial charge < -0.3 is 58.0 Å². The quantitative estimate of drug-likeness (QED) is 0.270. The Morgan fingerprint density at radius 1 is 0.885 bits per heavy atom. The third kappa shape index (κ3) is 8.16. The highest BCUT2D eigenvalue weighted by atomic mass is 16.7. The Morgan fingerprint density at radius 2 is 1.60 bits per heavy atom. The van der Waals surface area contributed by atoms with E-state index in [0.29, 0.717) is 49.9 Å². The number of fused-ring (bicyclic) bond motifs is 2. The Balaban J connectivity index is 1.23. The molecule has 0 amide bonds. The molecule has 16 atom stereocenters. The van der Waals surface area contributed by atoms with Gasteiger partial charge in [-0.15, -0.1) is 0 Å². The molecule has 4 fully saturated rings. The van der Waals surface area contributed by atoms with Crippen molar-refractivity contribution in [2.45, 2.75) is 152 Å². The van der Waals surface area contributed by atoms with Gasteiger partial charge in [0.05, 0.1) is 49.8 Å². The van der Waals surface area contributed by atoms with Crippen molar-refractivity contribution in [3.63, 3.8) is 0 Å². The van der Waals surface area contributed by atoms with Crippen molar-refractivity contribution in [3.05, 3.63) is 47.1 Å². The first-order chi connectivity index (χ1) is 24.8. The van der Waals surface area contributed by atoms with Gasteiger partial charge >= 0.3 is 5.97 Å². The lowest BCUT2D eigenvalue weighted by molar-refractivity contribution is -0.318. The van der Waals surface area contributed by atoms with Crippen molar-refractivity contribution in [2.75, 3.05) is 27.4 Å². The van der Waals surface area contributed by atoms with Gasteiger partial charge in [0.15, 0.2) is 12.6 Å². The summed E-state index contributed by atoms with van der Waals surface area (Å²) >= 11 is 0. The number of carbonyl (C=O) groups is 1. The Labute approximate surface area is 306 Å². The van der Waals surface area contributed by atoms with Crippen LogP contribution in [0.3, 0.4) is 0 Å². The van der Waals surface area contributed by atoms with Crippen LogP contribution in [0.4, 0.5) is 0 Å². The second-order valence-electron chi connectivity index (χ2n) is 15.3. The molecule has 0 aromatic rings. The summed E-state index contributed by atoms with van der Waals surface area (Å²) < 4.78 is 55.0. The third-order valence-corrected chi connectivity index (χ3v) is 11.7. The van der Waals surface area contributed by atoms with Crippen LogP contribution in [0.25, 0.3) is 0 Å². The minimum absolute atomic E-state index is 0.0625. The standard InChI is InChI=1S/C39H58O13/c1-20-9-8-10-25-19-47-37-33(40)22(3)15-28(39(25,37)43)38(42)50-27-13-14-46-26(16-27)12-11-21(2)35(20)51-32-18-30(45-7)36(24(5)49-32)52-31-17-29(44-6)34(41)23(4)48-31/h8-11,15,20,23-24,26-37,40-41,43H,12-14,16-19H2,1-7H3/b9-8+,21-11+,25-10?/t20?,23-,24-,26+,27+,28-,29-,30?,31?,32-,33+,34-,35?,36-,37+,39?/m0/s1. The molecular weight excluding hydrogens is 676 g/mol. The van der Waals surface area contributed by atoms with Crippen LogP contribution in [-0.2, 0) is 47.4 Å². The van der Waals surface area contributed by atoms with E-state index in [4.69, 9.17) is 42.6 Å². The summed E-state index contributed by atoms with van der Waals surface area (Å²) in [5.41, 5.74) is 0.289. The summed E-state index contributed by atoms with van der Waals surface area (Å²) in [6, 6.07) is 0. The van der Waals surface area contributed by atoms with Crippen LogP contribution < -0.4 is 0 Å². The van der Waals surface area contributed by atoms with Gasteiger partial charge in [0.2, 0.25) is 0 Å². The minimum atomic E-state index is -1.76. The van der Waals surface area contributed by atoms with Gasteiger partial charge in [-0.25, -0.2) is 0 Å². The molecule has 5 heterocycles.